The summed E-state index contributed by atoms with van der Waals surface area (Å²) in [5, 5.41) is 7.22. The number of hydrogen-bond acceptors (Lipinski definition) is 4. The largest absolute Gasteiger partial charge is 0.312 e. The predicted octanol–water partition coefficient (Wildman–Crippen LogP) is 3.65. The molecule has 1 aliphatic heterocycles. The highest BCUT2D eigenvalue weighted by Crippen LogP contribution is 2.25. The molecule has 0 amide bonds. The molecule has 1 aliphatic rings. The standard InChI is InChI=1S/C17H31N3S/c1-6-13(2)14-10-20(9-7-8-18-14)11-16-19-15(12-21-16)17(3,4)5/h12-14,18H,6-11H2,1-5H3. The van der Waals surface area contributed by atoms with Crippen molar-refractivity contribution in [2.24, 2.45) is 5.92 Å². The summed E-state index contributed by atoms with van der Waals surface area (Å²) in [5.74, 6) is 0.743. The van der Waals surface area contributed by atoms with Gasteiger partial charge in [0.1, 0.15) is 5.01 Å². The summed E-state index contributed by atoms with van der Waals surface area (Å²) in [6.07, 6.45) is 2.49. The molecule has 2 atom stereocenters. The smallest absolute Gasteiger partial charge is 0.107 e. The normalized spacial score (nSPS) is 23.0. The van der Waals surface area contributed by atoms with E-state index in [9.17, 15) is 0 Å². The van der Waals surface area contributed by atoms with Crippen molar-refractivity contribution >= 4 is 11.3 Å². The van der Waals surface area contributed by atoms with Gasteiger partial charge in [0, 0.05) is 23.4 Å². The Morgan fingerprint density at radius 2 is 2.24 bits per heavy atom. The van der Waals surface area contributed by atoms with Crippen molar-refractivity contribution < 1.29 is 0 Å². The molecule has 1 N–H and O–H groups in total. The summed E-state index contributed by atoms with van der Waals surface area (Å²) in [4.78, 5) is 7.44. The van der Waals surface area contributed by atoms with E-state index in [2.05, 4.69) is 50.2 Å². The summed E-state index contributed by atoms with van der Waals surface area (Å²) in [6, 6.07) is 0.625. The van der Waals surface area contributed by atoms with Gasteiger partial charge in [-0.2, -0.15) is 0 Å². The van der Waals surface area contributed by atoms with E-state index in [1.54, 1.807) is 0 Å². The third kappa shape index (κ3) is 4.76. The molecule has 1 fully saturated rings. The van der Waals surface area contributed by atoms with Crippen LogP contribution in [0.1, 0.15) is 58.2 Å². The van der Waals surface area contributed by atoms with Gasteiger partial charge in [-0.25, -0.2) is 4.98 Å². The van der Waals surface area contributed by atoms with Crippen molar-refractivity contribution in [3.63, 3.8) is 0 Å². The number of nitrogens with one attached hydrogen (secondary N) is 1. The average Bonchev–Trinajstić information content (AvgIpc) is 2.77. The van der Waals surface area contributed by atoms with Crippen LogP contribution in [0.15, 0.2) is 5.38 Å². The monoisotopic (exact) mass is 309 g/mol. The van der Waals surface area contributed by atoms with Gasteiger partial charge in [0.25, 0.3) is 0 Å². The Morgan fingerprint density at radius 1 is 1.48 bits per heavy atom. The highest BCUT2D eigenvalue weighted by Gasteiger charge is 2.23. The first-order valence-corrected chi connectivity index (χ1v) is 9.18. The van der Waals surface area contributed by atoms with Crippen molar-refractivity contribution in [1.82, 2.24) is 15.2 Å². The lowest BCUT2D eigenvalue weighted by molar-refractivity contribution is 0.231. The lowest BCUT2D eigenvalue weighted by Gasteiger charge is -2.27. The summed E-state index contributed by atoms with van der Waals surface area (Å²) in [6.45, 7) is 15.9. The van der Waals surface area contributed by atoms with Crippen LogP contribution in [0.3, 0.4) is 0 Å². The first-order valence-electron chi connectivity index (χ1n) is 8.30. The Bertz CT molecular complexity index is 435. The fourth-order valence-corrected chi connectivity index (χ4v) is 3.81. The zero-order valence-corrected chi connectivity index (χ0v) is 15.1. The Kier molecular flexibility index (Phi) is 5.81. The van der Waals surface area contributed by atoms with E-state index < -0.39 is 0 Å². The molecule has 0 spiro atoms. The van der Waals surface area contributed by atoms with Crippen LogP contribution in [0.2, 0.25) is 0 Å². The van der Waals surface area contributed by atoms with Crippen LogP contribution in [-0.2, 0) is 12.0 Å². The molecule has 2 unspecified atom stereocenters. The van der Waals surface area contributed by atoms with Crippen molar-refractivity contribution in [2.75, 3.05) is 19.6 Å². The second kappa shape index (κ2) is 7.21. The van der Waals surface area contributed by atoms with Gasteiger partial charge >= 0.3 is 0 Å². The topological polar surface area (TPSA) is 28.2 Å². The first-order chi connectivity index (χ1) is 9.90. The zero-order chi connectivity index (χ0) is 15.5. The van der Waals surface area contributed by atoms with E-state index in [1.165, 1.54) is 30.1 Å². The van der Waals surface area contributed by atoms with Gasteiger partial charge < -0.3 is 5.32 Å². The Labute approximate surface area is 134 Å². The zero-order valence-electron chi connectivity index (χ0n) is 14.3. The van der Waals surface area contributed by atoms with E-state index in [-0.39, 0.29) is 5.41 Å². The van der Waals surface area contributed by atoms with E-state index in [0.717, 1.165) is 25.6 Å². The van der Waals surface area contributed by atoms with Crippen LogP contribution >= 0.6 is 11.3 Å². The molecular formula is C17H31N3S. The number of rotatable bonds is 4. The molecule has 0 bridgehead atoms. The predicted molar refractivity (Wildman–Crippen MR) is 92.0 cm³/mol. The minimum absolute atomic E-state index is 0.161. The van der Waals surface area contributed by atoms with Gasteiger partial charge in [-0.15, -0.1) is 11.3 Å². The maximum atomic E-state index is 4.85. The molecule has 1 aromatic heterocycles. The molecule has 2 rings (SSSR count). The minimum Gasteiger partial charge on any atom is -0.312 e. The Balaban J connectivity index is 1.99. The van der Waals surface area contributed by atoms with Gasteiger partial charge in [0.15, 0.2) is 0 Å². The number of thiazole rings is 1. The average molecular weight is 310 g/mol. The van der Waals surface area contributed by atoms with Gasteiger partial charge in [0.05, 0.1) is 12.2 Å². The fourth-order valence-electron chi connectivity index (χ4n) is 2.75. The SMILES string of the molecule is CCC(C)C1CN(Cc2nc(C(C)(C)C)cs2)CCCN1. The van der Waals surface area contributed by atoms with Crippen LogP contribution in [0, 0.1) is 5.92 Å². The van der Waals surface area contributed by atoms with Gasteiger partial charge in [0.2, 0.25) is 0 Å². The molecule has 1 aromatic rings. The van der Waals surface area contributed by atoms with Crippen LogP contribution in [0.4, 0.5) is 0 Å². The van der Waals surface area contributed by atoms with Crippen molar-refractivity contribution in [2.45, 2.75) is 65.5 Å². The Hall–Kier alpha value is -0.450. The third-order valence-corrected chi connectivity index (χ3v) is 5.36. The molecule has 0 saturated carbocycles. The Morgan fingerprint density at radius 3 is 2.86 bits per heavy atom. The molecule has 1 saturated heterocycles. The van der Waals surface area contributed by atoms with Crippen molar-refractivity contribution in [3.8, 4) is 0 Å². The molecule has 0 aliphatic carbocycles. The number of aromatic nitrogens is 1. The highest BCUT2D eigenvalue weighted by molar-refractivity contribution is 7.09. The van der Waals surface area contributed by atoms with Gasteiger partial charge in [-0.1, -0.05) is 41.0 Å². The quantitative estimate of drug-likeness (QED) is 0.920. The van der Waals surface area contributed by atoms with E-state index >= 15 is 0 Å². The van der Waals surface area contributed by atoms with Crippen LogP contribution < -0.4 is 5.32 Å². The van der Waals surface area contributed by atoms with E-state index in [1.807, 2.05) is 11.3 Å². The second-order valence-electron chi connectivity index (χ2n) is 7.41. The van der Waals surface area contributed by atoms with Gasteiger partial charge in [-0.3, -0.25) is 4.90 Å². The molecule has 0 radical (unpaired) electrons. The summed E-state index contributed by atoms with van der Waals surface area (Å²) in [5.41, 5.74) is 1.39. The molecule has 2 heterocycles. The summed E-state index contributed by atoms with van der Waals surface area (Å²) in [7, 11) is 0. The molecule has 21 heavy (non-hydrogen) atoms. The van der Waals surface area contributed by atoms with E-state index in [0.29, 0.717) is 6.04 Å². The molecule has 4 heteroatoms. The van der Waals surface area contributed by atoms with Crippen molar-refractivity contribution in [3.05, 3.63) is 16.1 Å². The number of hydrogen-bond donors (Lipinski definition) is 1. The summed E-state index contributed by atoms with van der Waals surface area (Å²) < 4.78 is 0. The first kappa shape index (κ1) is 16.9. The fraction of sp³-hybridized carbons (Fsp3) is 0.824. The summed E-state index contributed by atoms with van der Waals surface area (Å²) >= 11 is 1.82. The van der Waals surface area contributed by atoms with Crippen molar-refractivity contribution in [1.29, 1.82) is 0 Å². The van der Waals surface area contributed by atoms with Crippen LogP contribution in [0.5, 0.6) is 0 Å². The lowest BCUT2D eigenvalue weighted by Crippen LogP contribution is -2.41. The van der Waals surface area contributed by atoms with Gasteiger partial charge in [-0.05, 0) is 25.4 Å². The molecular weight excluding hydrogens is 278 g/mol. The minimum atomic E-state index is 0.161. The number of nitrogens with zero attached hydrogens (tertiary/aromatic N) is 2. The maximum absolute atomic E-state index is 4.85. The third-order valence-electron chi connectivity index (χ3n) is 4.52. The maximum Gasteiger partial charge on any atom is 0.107 e. The second-order valence-corrected chi connectivity index (χ2v) is 8.35. The van der Waals surface area contributed by atoms with Crippen LogP contribution in [-0.4, -0.2) is 35.6 Å². The molecule has 0 aromatic carbocycles. The van der Waals surface area contributed by atoms with Crippen LogP contribution in [0.25, 0.3) is 0 Å². The van der Waals surface area contributed by atoms with E-state index in [4.69, 9.17) is 4.98 Å². The highest BCUT2D eigenvalue weighted by atomic mass is 32.1. The lowest BCUT2D eigenvalue weighted by atomic mass is 9.93. The molecule has 120 valence electrons. The molecule has 3 nitrogen and oxygen atoms in total.